The Balaban J connectivity index is 2.34. The number of benzene rings is 1. The number of nitrogens with zero attached hydrogens (tertiary/aromatic N) is 2. The lowest BCUT2D eigenvalue weighted by Crippen LogP contribution is -1.84. The average molecular weight is 336 g/mol. The summed E-state index contributed by atoms with van der Waals surface area (Å²) < 4.78 is 0.830. The molecule has 0 radical (unpaired) electrons. The van der Waals surface area contributed by atoms with Gasteiger partial charge in [0.25, 0.3) is 0 Å². The Bertz CT molecular complexity index is 522. The summed E-state index contributed by atoms with van der Waals surface area (Å²) in [7, 11) is 0. The van der Waals surface area contributed by atoms with E-state index in [9.17, 15) is 0 Å². The van der Waals surface area contributed by atoms with Crippen LogP contribution in [-0.2, 0) is 0 Å². The molecule has 0 saturated heterocycles. The molecule has 16 heavy (non-hydrogen) atoms. The summed E-state index contributed by atoms with van der Waals surface area (Å²) in [6.07, 6.45) is 3.18. The van der Waals surface area contributed by atoms with Gasteiger partial charge in [0, 0.05) is 16.1 Å². The molecule has 1 aromatic carbocycles. The maximum Gasteiger partial charge on any atom is 0.118 e. The van der Waals surface area contributed by atoms with Crippen molar-refractivity contribution in [2.75, 3.05) is 0 Å². The van der Waals surface area contributed by atoms with Crippen LogP contribution < -0.4 is 0 Å². The molecule has 0 atom stereocenters. The molecule has 0 spiro atoms. The first-order valence-electron chi connectivity index (χ1n) is 4.25. The van der Waals surface area contributed by atoms with Crippen LogP contribution in [0.2, 0.25) is 10.0 Å². The number of hydrogen-bond donors (Lipinski definition) is 0. The molecule has 6 heteroatoms. The van der Waals surface area contributed by atoms with Crippen LogP contribution in [0.1, 0.15) is 0 Å². The molecule has 0 saturated carbocycles. The van der Waals surface area contributed by atoms with Crippen LogP contribution in [-0.4, -0.2) is 9.97 Å². The van der Waals surface area contributed by atoms with E-state index < -0.39 is 0 Å². The van der Waals surface area contributed by atoms with E-state index in [1.807, 2.05) is 6.07 Å². The molecular formula is C10H5BrCl2N2S. The minimum atomic E-state index is 0.650. The predicted octanol–water partition coefficient (Wildman–Crippen LogP) is 4.70. The molecule has 0 unspecified atom stereocenters. The zero-order chi connectivity index (χ0) is 11.5. The third kappa shape index (κ3) is 2.88. The third-order valence-electron chi connectivity index (χ3n) is 1.73. The molecule has 0 aliphatic heterocycles. The lowest BCUT2D eigenvalue weighted by Gasteiger charge is -2.04. The topological polar surface area (TPSA) is 25.8 Å². The molecule has 0 bridgehead atoms. The van der Waals surface area contributed by atoms with Gasteiger partial charge in [0.15, 0.2) is 0 Å². The van der Waals surface area contributed by atoms with Crippen LogP contribution in [0.3, 0.4) is 0 Å². The van der Waals surface area contributed by atoms with Crippen molar-refractivity contribution in [2.45, 2.75) is 9.92 Å². The van der Waals surface area contributed by atoms with Crippen molar-refractivity contribution in [1.29, 1.82) is 0 Å². The van der Waals surface area contributed by atoms with Gasteiger partial charge in [-0.15, -0.1) is 0 Å². The number of rotatable bonds is 2. The highest BCUT2D eigenvalue weighted by molar-refractivity contribution is 9.10. The number of aromatic nitrogens is 2. The molecule has 82 valence electrons. The largest absolute Gasteiger partial charge is 0.244 e. The van der Waals surface area contributed by atoms with Crippen molar-refractivity contribution in [3.05, 3.63) is 45.2 Å². The van der Waals surface area contributed by atoms with E-state index in [2.05, 4.69) is 25.9 Å². The van der Waals surface area contributed by atoms with Crippen molar-refractivity contribution < 1.29 is 0 Å². The van der Waals surface area contributed by atoms with Crippen LogP contribution in [0.5, 0.6) is 0 Å². The first kappa shape index (κ1) is 12.2. The average Bonchev–Trinajstić information content (AvgIpc) is 2.27. The molecule has 0 amide bonds. The molecule has 2 aromatic rings. The lowest BCUT2D eigenvalue weighted by atomic mass is 10.4. The maximum atomic E-state index is 6.06. The highest BCUT2D eigenvalue weighted by Crippen LogP contribution is 2.36. The highest BCUT2D eigenvalue weighted by Gasteiger charge is 2.07. The zero-order valence-electron chi connectivity index (χ0n) is 7.82. The van der Waals surface area contributed by atoms with E-state index in [1.165, 1.54) is 18.1 Å². The Hall–Kier alpha value is -0.290. The van der Waals surface area contributed by atoms with Crippen LogP contribution >= 0.6 is 50.9 Å². The Morgan fingerprint density at radius 2 is 2.06 bits per heavy atom. The second-order valence-corrected chi connectivity index (χ2v) is 5.58. The van der Waals surface area contributed by atoms with Gasteiger partial charge in [-0.1, -0.05) is 35.0 Å². The lowest BCUT2D eigenvalue weighted by molar-refractivity contribution is 1.02. The van der Waals surface area contributed by atoms with Crippen LogP contribution in [0.25, 0.3) is 0 Å². The van der Waals surface area contributed by atoms with Crippen molar-refractivity contribution in [2.24, 2.45) is 0 Å². The summed E-state index contributed by atoms with van der Waals surface area (Å²) in [5.74, 6) is 0. The fourth-order valence-electron chi connectivity index (χ4n) is 1.04. The standard InChI is InChI=1S/C10H5BrCl2N2S/c11-7-4-14-5-15-10(7)16-9-3-6(12)1-2-8(9)13/h1-5H. The van der Waals surface area contributed by atoms with Gasteiger partial charge in [-0.25, -0.2) is 9.97 Å². The van der Waals surface area contributed by atoms with E-state index >= 15 is 0 Å². The minimum absolute atomic E-state index is 0.650. The molecule has 0 N–H and O–H groups in total. The molecule has 0 aliphatic carbocycles. The Morgan fingerprint density at radius 1 is 1.25 bits per heavy atom. The van der Waals surface area contributed by atoms with Crippen LogP contribution in [0, 0.1) is 0 Å². The van der Waals surface area contributed by atoms with Gasteiger partial charge in [-0.3, -0.25) is 0 Å². The predicted molar refractivity (Wildman–Crippen MR) is 70.3 cm³/mol. The molecular weight excluding hydrogens is 331 g/mol. The Morgan fingerprint density at radius 3 is 2.81 bits per heavy atom. The molecule has 1 aromatic heterocycles. The van der Waals surface area contributed by atoms with Crippen molar-refractivity contribution >= 4 is 50.9 Å². The minimum Gasteiger partial charge on any atom is -0.244 e. The smallest absolute Gasteiger partial charge is 0.118 e. The highest BCUT2D eigenvalue weighted by atomic mass is 79.9. The van der Waals surface area contributed by atoms with Crippen molar-refractivity contribution in [3.63, 3.8) is 0 Å². The summed E-state index contributed by atoms with van der Waals surface area (Å²) in [5.41, 5.74) is 0. The van der Waals surface area contributed by atoms with Gasteiger partial charge >= 0.3 is 0 Å². The van der Waals surface area contributed by atoms with E-state index in [0.29, 0.717) is 10.0 Å². The quantitative estimate of drug-likeness (QED) is 0.744. The summed E-state index contributed by atoms with van der Waals surface area (Å²) in [5, 5.41) is 2.11. The summed E-state index contributed by atoms with van der Waals surface area (Å²) in [4.78, 5) is 8.91. The van der Waals surface area contributed by atoms with Crippen LogP contribution in [0.15, 0.2) is 45.1 Å². The van der Waals surface area contributed by atoms with E-state index in [-0.39, 0.29) is 0 Å². The zero-order valence-corrected chi connectivity index (χ0v) is 11.7. The van der Waals surface area contributed by atoms with Crippen LogP contribution in [0.4, 0.5) is 0 Å². The van der Waals surface area contributed by atoms with Gasteiger partial charge in [-0.2, -0.15) is 0 Å². The second kappa shape index (κ2) is 5.36. The van der Waals surface area contributed by atoms with Crippen molar-refractivity contribution in [3.8, 4) is 0 Å². The summed E-state index contributed by atoms with van der Waals surface area (Å²) in [6, 6.07) is 5.33. The summed E-state index contributed by atoms with van der Waals surface area (Å²) in [6.45, 7) is 0. The molecule has 1 heterocycles. The van der Waals surface area contributed by atoms with Crippen molar-refractivity contribution in [1.82, 2.24) is 9.97 Å². The number of halogens is 3. The normalized spacial score (nSPS) is 10.4. The monoisotopic (exact) mass is 334 g/mol. The molecule has 0 aliphatic rings. The fourth-order valence-corrected chi connectivity index (χ4v) is 2.78. The van der Waals surface area contributed by atoms with Gasteiger partial charge in [0.2, 0.25) is 0 Å². The molecule has 2 nitrogen and oxygen atoms in total. The Labute approximate surface area is 116 Å². The molecule has 0 fully saturated rings. The third-order valence-corrected chi connectivity index (χ3v) is 4.33. The Kier molecular flexibility index (Phi) is 4.08. The van der Waals surface area contributed by atoms with Gasteiger partial charge in [0.05, 0.1) is 9.50 Å². The first-order valence-corrected chi connectivity index (χ1v) is 6.62. The van der Waals surface area contributed by atoms with E-state index in [1.54, 1.807) is 18.3 Å². The maximum absolute atomic E-state index is 6.06. The molecule has 2 rings (SSSR count). The van der Waals surface area contributed by atoms with Gasteiger partial charge in [0.1, 0.15) is 11.4 Å². The van der Waals surface area contributed by atoms with Gasteiger partial charge in [-0.05, 0) is 34.1 Å². The van der Waals surface area contributed by atoms with Gasteiger partial charge < -0.3 is 0 Å². The second-order valence-electron chi connectivity index (χ2n) is 2.85. The van der Waals surface area contributed by atoms with E-state index in [0.717, 1.165) is 14.4 Å². The number of hydrogen-bond acceptors (Lipinski definition) is 3. The fraction of sp³-hybridized carbons (Fsp3) is 0. The SMILES string of the molecule is Clc1ccc(Cl)c(Sc2ncncc2Br)c1. The summed E-state index contributed by atoms with van der Waals surface area (Å²) >= 11 is 16.8. The van der Waals surface area contributed by atoms with E-state index in [4.69, 9.17) is 23.2 Å². The first-order chi connectivity index (χ1) is 7.66.